The Morgan fingerprint density at radius 3 is 2.38 bits per heavy atom. The number of piperidine rings is 1. The summed E-state index contributed by atoms with van der Waals surface area (Å²) in [5, 5.41) is 15.1. The van der Waals surface area contributed by atoms with Gasteiger partial charge in [0.25, 0.3) is 11.5 Å². The average molecular weight is 660 g/mol. The highest BCUT2D eigenvalue weighted by atomic mass is 19.3. The molecular weight excluding hydrogens is 607 g/mol. The lowest BCUT2D eigenvalue weighted by molar-refractivity contribution is -0.100. The molecule has 5 unspecified atom stereocenters. The number of fused-ring (bicyclic) bond motifs is 10. The molecule has 8 nitrogen and oxygen atoms in total. The smallest absolute Gasteiger partial charge is 0.278 e. The molecule has 2 saturated heterocycles. The van der Waals surface area contributed by atoms with Crippen LogP contribution in [0.15, 0.2) is 34.1 Å². The number of hydrogen-bond acceptors (Lipinski definition) is 6. The third-order valence-electron chi connectivity index (χ3n) is 10.9. The monoisotopic (exact) mass is 659 g/mol. The minimum absolute atomic E-state index is 0.0316. The van der Waals surface area contributed by atoms with E-state index < -0.39 is 40.9 Å². The molecule has 0 spiro atoms. The molecule has 0 radical (unpaired) electrons. The van der Waals surface area contributed by atoms with Crippen molar-refractivity contribution in [3.05, 3.63) is 62.7 Å². The Balaban J connectivity index is 1.58. The first-order valence-corrected chi connectivity index (χ1v) is 17.4. The van der Waals surface area contributed by atoms with Crippen molar-refractivity contribution in [2.45, 2.75) is 128 Å². The van der Waals surface area contributed by atoms with Crippen LogP contribution in [-0.2, 0) is 22.8 Å². The second-order valence-electron chi connectivity index (χ2n) is 14.0. The first kappa shape index (κ1) is 35.6. The minimum atomic E-state index is -3.32. The number of rotatable bonds is 2. The highest BCUT2D eigenvalue weighted by Crippen LogP contribution is 2.45. The van der Waals surface area contributed by atoms with Crippen LogP contribution >= 0.6 is 0 Å². The molecule has 1 aromatic carbocycles. The van der Waals surface area contributed by atoms with Gasteiger partial charge in [0, 0.05) is 79.4 Å². The highest BCUT2D eigenvalue weighted by molar-refractivity contribution is 5.60. The van der Waals surface area contributed by atoms with Crippen LogP contribution in [0.1, 0.15) is 120 Å². The Morgan fingerprint density at radius 2 is 1.68 bits per heavy atom. The van der Waals surface area contributed by atoms with Crippen molar-refractivity contribution in [1.29, 1.82) is 0 Å². The molecule has 4 aliphatic heterocycles. The maximum absolute atomic E-state index is 16.1. The van der Waals surface area contributed by atoms with Crippen LogP contribution in [-0.4, -0.2) is 52.8 Å². The predicted molar refractivity (Wildman–Crippen MR) is 179 cm³/mol. The number of hydrogen-bond donors (Lipinski definition) is 3. The number of nitrogens with zero attached hydrogens (tertiary/aromatic N) is 3. The number of aliphatic imine (C=N–C) groups is 1. The van der Waals surface area contributed by atoms with E-state index in [0.717, 1.165) is 38.4 Å². The summed E-state index contributed by atoms with van der Waals surface area (Å²) in [6, 6.07) is 4.98. The largest absolute Gasteiger partial charge is 0.390 e. The van der Waals surface area contributed by atoms with Crippen molar-refractivity contribution in [1.82, 2.24) is 14.8 Å². The second kappa shape index (κ2) is 14.8. The number of pyridine rings is 1. The summed E-state index contributed by atoms with van der Waals surface area (Å²) in [6.45, 7) is 9.37. The van der Waals surface area contributed by atoms with Crippen molar-refractivity contribution < 1.29 is 23.0 Å². The van der Waals surface area contributed by atoms with Gasteiger partial charge < -0.3 is 20.9 Å². The van der Waals surface area contributed by atoms with Gasteiger partial charge in [0.1, 0.15) is 11.6 Å². The van der Waals surface area contributed by atoms with Crippen LogP contribution in [0.5, 0.6) is 0 Å². The maximum atomic E-state index is 16.1. The minimum Gasteiger partial charge on any atom is -0.390 e. The van der Waals surface area contributed by atoms with Crippen LogP contribution in [0.25, 0.3) is 0 Å². The van der Waals surface area contributed by atoms with E-state index in [2.05, 4.69) is 22.1 Å². The number of nitrogens with two attached hydrogens (primary N) is 1. The molecule has 0 amide bonds. The Hall–Kier alpha value is -2.73. The fraction of sp³-hybridized carbons (Fsp3) is 0.667. The molecule has 4 N–H and O–H groups in total. The van der Waals surface area contributed by atoms with Gasteiger partial charge in [0.2, 0.25) is 0 Å². The Bertz CT molecular complexity index is 1470. The van der Waals surface area contributed by atoms with Crippen molar-refractivity contribution in [3.8, 4) is 0 Å². The lowest BCUT2D eigenvalue weighted by atomic mass is 9.82. The molecule has 6 bridgehead atoms. The number of benzene rings is 1. The number of alkyl halides is 2. The van der Waals surface area contributed by atoms with Crippen molar-refractivity contribution in [2.24, 2.45) is 16.6 Å². The van der Waals surface area contributed by atoms with E-state index in [1.165, 1.54) is 18.2 Å². The normalized spacial score (nSPS) is 30.6. The molecule has 1 aromatic heterocycles. The van der Waals surface area contributed by atoms with Gasteiger partial charge in [-0.3, -0.25) is 14.3 Å². The lowest BCUT2D eigenvalue weighted by Gasteiger charge is -2.43. The highest BCUT2D eigenvalue weighted by Gasteiger charge is 2.47. The fourth-order valence-corrected chi connectivity index (χ4v) is 8.05. The van der Waals surface area contributed by atoms with Crippen molar-refractivity contribution >= 4 is 12.2 Å². The van der Waals surface area contributed by atoms with E-state index in [1.54, 1.807) is 17.6 Å². The Kier molecular flexibility index (Phi) is 11.2. The molecule has 6 atom stereocenters. The summed E-state index contributed by atoms with van der Waals surface area (Å²) >= 11 is 0. The molecule has 6 rings (SSSR count). The van der Waals surface area contributed by atoms with Gasteiger partial charge in [0.15, 0.2) is 0 Å². The zero-order chi connectivity index (χ0) is 33.9. The zero-order valence-electron chi connectivity index (χ0n) is 28.3. The van der Waals surface area contributed by atoms with Crippen LogP contribution < -0.4 is 16.6 Å². The molecule has 4 aliphatic rings. The number of halogens is 3. The quantitative estimate of drug-likeness (QED) is 0.249. The summed E-state index contributed by atoms with van der Waals surface area (Å²) in [5.74, 6) is -4.81. The summed E-state index contributed by atoms with van der Waals surface area (Å²) in [5.41, 5.74) is 4.56. The van der Waals surface area contributed by atoms with Gasteiger partial charge in [-0.1, -0.05) is 37.5 Å². The second-order valence-corrected chi connectivity index (χ2v) is 14.0. The summed E-state index contributed by atoms with van der Waals surface area (Å²) < 4.78 is 55.5. The van der Waals surface area contributed by atoms with Gasteiger partial charge in [-0.05, 0) is 66.0 Å². The van der Waals surface area contributed by atoms with E-state index in [9.17, 15) is 9.90 Å². The molecule has 11 heteroatoms. The zero-order valence-corrected chi connectivity index (χ0v) is 28.3. The molecule has 0 saturated carbocycles. The van der Waals surface area contributed by atoms with Crippen LogP contribution in [0.4, 0.5) is 19.0 Å². The van der Waals surface area contributed by atoms with Gasteiger partial charge in [0.05, 0.1) is 17.5 Å². The summed E-state index contributed by atoms with van der Waals surface area (Å²) in [7, 11) is 0. The van der Waals surface area contributed by atoms with E-state index >= 15 is 13.2 Å². The van der Waals surface area contributed by atoms with Crippen LogP contribution in [0.2, 0.25) is 0 Å². The van der Waals surface area contributed by atoms with Gasteiger partial charge in [-0.2, -0.15) is 0 Å². The molecule has 5 heterocycles. The van der Waals surface area contributed by atoms with Gasteiger partial charge in [-0.15, -0.1) is 0 Å². The van der Waals surface area contributed by atoms with E-state index in [-0.39, 0.29) is 41.6 Å². The van der Waals surface area contributed by atoms with Crippen LogP contribution in [0, 0.1) is 11.7 Å². The number of aromatic nitrogens is 1. The summed E-state index contributed by atoms with van der Waals surface area (Å²) in [4.78, 5) is 20.8. The maximum Gasteiger partial charge on any atom is 0.278 e. The predicted octanol–water partition coefficient (Wildman–Crippen LogP) is 6.56. The first-order chi connectivity index (χ1) is 22.4. The molecular formula is C36H52F3N5O3. The molecule has 2 fully saturated rings. The number of aliphatic hydroxyl groups is 1. The van der Waals surface area contributed by atoms with Crippen LogP contribution in [0.3, 0.4) is 0 Å². The third-order valence-corrected chi connectivity index (χ3v) is 10.9. The SMILES string of the molecule is CC1N[C@H](C)c2cccc(c2F)C(F)(F)C2CCN(C(C)CCCCCCn3c(/N=C\N)c1cc(C1(O)CCOCC1)c3=O)C(C)C2. The lowest BCUT2D eigenvalue weighted by Crippen LogP contribution is -2.48. The van der Waals surface area contributed by atoms with E-state index in [1.807, 2.05) is 13.8 Å². The number of nitrogens with one attached hydrogen (secondary N) is 1. The van der Waals surface area contributed by atoms with E-state index in [0.29, 0.717) is 50.5 Å². The third kappa shape index (κ3) is 7.33. The Morgan fingerprint density at radius 1 is 0.979 bits per heavy atom. The van der Waals surface area contributed by atoms with Crippen molar-refractivity contribution in [2.75, 3.05) is 19.8 Å². The standard InChI is InChI=1S/C36H52F3N5O3/c1-23-10-7-5-6-8-16-44-33(41-22-40)29(21-31(34(44)45)35(46)14-18-47-19-15-35)26(4)42-25(3)28-11-9-12-30(32(28)37)36(38,39)27-13-17-43(23)24(2)20-27/h9,11-12,21-27,42,46H,5-8,10,13-20H2,1-4H3,(H2,40,41)/t23?,24?,25-,26?,27?/m1/s1. The molecule has 47 heavy (non-hydrogen) atoms. The summed E-state index contributed by atoms with van der Waals surface area (Å²) in [6.07, 6.45) is 6.84. The molecule has 2 aromatic rings. The first-order valence-electron chi connectivity index (χ1n) is 17.4. The fourth-order valence-electron chi connectivity index (χ4n) is 8.05. The van der Waals surface area contributed by atoms with E-state index in [4.69, 9.17) is 10.5 Å². The molecule has 260 valence electrons. The van der Waals surface area contributed by atoms with Gasteiger partial charge >= 0.3 is 0 Å². The number of ether oxygens (including phenoxy) is 1. The van der Waals surface area contributed by atoms with Crippen molar-refractivity contribution in [3.63, 3.8) is 0 Å². The Labute approximate surface area is 276 Å². The van der Waals surface area contributed by atoms with Gasteiger partial charge in [-0.25, -0.2) is 18.2 Å². The average Bonchev–Trinajstić information content (AvgIpc) is 3.03. The topological polar surface area (TPSA) is 105 Å². The molecule has 0 aliphatic carbocycles.